The second-order valence-corrected chi connectivity index (χ2v) is 3.86. The predicted octanol–water partition coefficient (Wildman–Crippen LogP) is -0.991. The highest BCUT2D eigenvalue weighted by atomic mass is 16.6. The fourth-order valence-corrected chi connectivity index (χ4v) is 0.870. The highest BCUT2D eigenvalue weighted by molar-refractivity contribution is 5.84. The normalized spacial score (nSPS) is 14.4. The van der Waals surface area contributed by atoms with Crippen LogP contribution in [0.2, 0.25) is 0 Å². The summed E-state index contributed by atoms with van der Waals surface area (Å²) >= 11 is 0. The number of rotatable bonds is 8. The van der Waals surface area contributed by atoms with Gasteiger partial charge in [-0.05, 0) is 5.92 Å². The summed E-state index contributed by atoms with van der Waals surface area (Å²) in [6.07, 6.45) is -4.27. The van der Waals surface area contributed by atoms with Crippen LogP contribution in [-0.4, -0.2) is 59.3 Å². The van der Waals surface area contributed by atoms with Gasteiger partial charge < -0.3 is 24.8 Å². The van der Waals surface area contributed by atoms with Crippen molar-refractivity contribution in [3.8, 4) is 0 Å². The Morgan fingerprint density at radius 1 is 1.12 bits per heavy atom. The van der Waals surface area contributed by atoms with Crippen molar-refractivity contribution in [2.75, 3.05) is 19.8 Å². The molecule has 0 aromatic rings. The van der Waals surface area contributed by atoms with Gasteiger partial charge in [0.1, 0.15) is 6.61 Å². The van der Waals surface area contributed by atoms with E-state index in [0.29, 0.717) is 12.5 Å². The fourth-order valence-electron chi connectivity index (χ4n) is 0.870. The van der Waals surface area contributed by atoms with Crippen molar-refractivity contribution < 1.29 is 34.4 Å². The van der Waals surface area contributed by atoms with Gasteiger partial charge >= 0.3 is 11.9 Å². The average molecular weight is 250 g/mol. The molecule has 7 nitrogen and oxygen atoms in total. The van der Waals surface area contributed by atoms with Crippen LogP contribution in [-0.2, 0) is 19.1 Å². The first kappa shape index (κ1) is 15.8. The third-order valence-electron chi connectivity index (χ3n) is 1.72. The molecule has 0 saturated carbocycles. The number of carboxylic acids is 1. The summed E-state index contributed by atoms with van der Waals surface area (Å²) in [6, 6.07) is 0. The molecule has 0 heterocycles. The minimum Gasteiger partial charge on any atom is -0.479 e. The smallest absolute Gasteiger partial charge is 0.338 e. The van der Waals surface area contributed by atoms with E-state index in [4.69, 9.17) is 20.1 Å². The summed E-state index contributed by atoms with van der Waals surface area (Å²) < 4.78 is 9.62. The highest BCUT2D eigenvalue weighted by Gasteiger charge is 2.31. The Labute approximate surface area is 99.0 Å². The molecule has 0 aliphatic heterocycles. The zero-order valence-electron chi connectivity index (χ0n) is 9.83. The molecule has 7 heteroatoms. The standard InChI is InChI=1S/C10H18O7/c1-6(2)5-16-3-4-17-10(15)8(12)7(11)9(13)14/h6-8,11-12H,3-5H2,1-2H3,(H,13,14). The van der Waals surface area contributed by atoms with E-state index in [1.165, 1.54) is 0 Å². The Hall–Kier alpha value is -1.18. The summed E-state index contributed by atoms with van der Waals surface area (Å²) in [5.41, 5.74) is 0. The quantitative estimate of drug-likeness (QED) is 0.374. The number of hydrogen-bond acceptors (Lipinski definition) is 6. The van der Waals surface area contributed by atoms with E-state index in [9.17, 15) is 9.59 Å². The molecule has 0 aliphatic rings. The number of carbonyl (C=O) groups is 2. The number of ether oxygens (including phenoxy) is 2. The van der Waals surface area contributed by atoms with E-state index in [1.807, 2.05) is 13.8 Å². The van der Waals surface area contributed by atoms with Crippen LogP contribution in [0.25, 0.3) is 0 Å². The van der Waals surface area contributed by atoms with E-state index in [1.54, 1.807) is 0 Å². The van der Waals surface area contributed by atoms with E-state index < -0.39 is 24.1 Å². The Morgan fingerprint density at radius 3 is 2.18 bits per heavy atom. The minimum absolute atomic E-state index is 0.102. The van der Waals surface area contributed by atoms with Crippen LogP contribution in [0.1, 0.15) is 13.8 Å². The van der Waals surface area contributed by atoms with Gasteiger partial charge in [-0.1, -0.05) is 13.8 Å². The Kier molecular flexibility index (Phi) is 7.44. The number of aliphatic hydroxyl groups is 2. The second kappa shape index (κ2) is 7.99. The van der Waals surface area contributed by atoms with Gasteiger partial charge in [0.15, 0.2) is 12.2 Å². The summed E-state index contributed by atoms with van der Waals surface area (Å²) in [6.45, 7) is 4.48. The average Bonchev–Trinajstić information content (AvgIpc) is 2.25. The lowest BCUT2D eigenvalue weighted by Gasteiger charge is -2.13. The van der Waals surface area contributed by atoms with Gasteiger partial charge in [0, 0.05) is 6.61 Å². The van der Waals surface area contributed by atoms with E-state index in [0.717, 1.165) is 0 Å². The van der Waals surface area contributed by atoms with Crippen molar-refractivity contribution in [2.24, 2.45) is 5.92 Å². The molecule has 0 saturated heterocycles. The molecule has 2 unspecified atom stereocenters. The lowest BCUT2D eigenvalue weighted by atomic mass is 10.2. The van der Waals surface area contributed by atoms with Gasteiger partial charge in [-0.15, -0.1) is 0 Å². The van der Waals surface area contributed by atoms with Gasteiger partial charge in [0.25, 0.3) is 0 Å². The molecule has 17 heavy (non-hydrogen) atoms. The van der Waals surface area contributed by atoms with E-state index >= 15 is 0 Å². The molecule has 0 aromatic heterocycles. The van der Waals surface area contributed by atoms with Gasteiger partial charge in [-0.3, -0.25) is 0 Å². The lowest BCUT2D eigenvalue weighted by molar-refractivity contribution is -0.170. The van der Waals surface area contributed by atoms with Crippen molar-refractivity contribution in [1.82, 2.24) is 0 Å². The molecule has 0 fully saturated rings. The molecule has 100 valence electrons. The topological polar surface area (TPSA) is 113 Å². The van der Waals surface area contributed by atoms with Gasteiger partial charge in [0.2, 0.25) is 0 Å². The first-order valence-corrected chi connectivity index (χ1v) is 5.19. The number of esters is 1. The van der Waals surface area contributed by atoms with Crippen molar-refractivity contribution in [2.45, 2.75) is 26.1 Å². The molecule has 0 radical (unpaired) electrons. The summed E-state index contributed by atoms with van der Waals surface area (Å²) in [5.74, 6) is -2.52. The number of aliphatic hydroxyl groups excluding tert-OH is 2. The van der Waals surface area contributed by atoms with Crippen LogP contribution in [0.3, 0.4) is 0 Å². The number of aliphatic carboxylic acids is 1. The second-order valence-electron chi connectivity index (χ2n) is 3.86. The number of carboxylic acid groups (broad SMARTS) is 1. The van der Waals surface area contributed by atoms with Crippen LogP contribution in [0.5, 0.6) is 0 Å². The molecule has 0 bridgehead atoms. The molecular weight excluding hydrogens is 232 g/mol. The lowest BCUT2D eigenvalue weighted by Crippen LogP contribution is -2.40. The molecule has 2 atom stereocenters. The summed E-state index contributed by atoms with van der Waals surface area (Å²) in [5, 5.41) is 26.2. The molecule has 0 spiro atoms. The third-order valence-corrected chi connectivity index (χ3v) is 1.72. The van der Waals surface area contributed by atoms with Crippen molar-refractivity contribution in [1.29, 1.82) is 0 Å². The van der Waals surface area contributed by atoms with Crippen LogP contribution >= 0.6 is 0 Å². The molecular formula is C10H18O7. The highest BCUT2D eigenvalue weighted by Crippen LogP contribution is 1.98. The SMILES string of the molecule is CC(C)COCCOC(=O)C(O)C(O)C(=O)O. The number of hydrogen-bond donors (Lipinski definition) is 3. The van der Waals surface area contributed by atoms with Crippen LogP contribution in [0.4, 0.5) is 0 Å². The van der Waals surface area contributed by atoms with Gasteiger partial charge in [-0.2, -0.15) is 0 Å². The van der Waals surface area contributed by atoms with Crippen molar-refractivity contribution in [3.05, 3.63) is 0 Å². The predicted molar refractivity (Wildman–Crippen MR) is 56.3 cm³/mol. The van der Waals surface area contributed by atoms with Gasteiger partial charge in [0.05, 0.1) is 6.61 Å². The molecule has 3 N–H and O–H groups in total. The Bertz CT molecular complexity index is 251. The maximum Gasteiger partial charge on any atom is 0.338 e. The van der Waals surface area contributed by atoms with Crippen molar-refractivity contribution in [3.63, 3.8) is 0 Å². The van der Waals surface area contributed by atoms with E-state index in [2.05, 4.69) is 4.74 Å². The molecule has 0 amide bonds. The maximum atomic E-state index is 11.0. The molecule has 0 aromatic carbocycles. The summed E-state index contributed by atoms with van der Waals surface area (Å²) in [7, 11) is 0. The molecule has 0 rings (SSSR count). The molecule has 0 aliphatic carbocycles. The maximum absolute atomic E-state index is 11.0. The largest absolute Gasteiger partial charge is 0.479 e. The van der Waals surface area contributed by atoms with Crippen LogP contribution in [0, 0.1) is 5.92 Å². The van der Waals surface area contributed by atoms with Crippen LogP contribution in [0.15, 0.2) is 0 Å². The van der Waals surface area contributed by atoms with Gasteiger partial charge in [-0.25, -0.2) is 9.59 Å². The Morgan fingerprint density at radius 2 is 1.71 bits per heavy atom. The number of carbonyl (C=O) groups excluding carboxylic acids is 1. The first-order chi connectivity index (χ1) is 7.86. The van der Waals surface area contributed by atoms with Crippen molar-refractivity contribution >= 4 is 11.9 Å². The zero-order valence-corrected chi connectivity index (χ0v) is 9.83. The van der Waals surface area contributed by atoms with Crippen LogP contribution < -0.4 is 0 Å². The minimum atomic E-state index is -2.18. The zero-order chi connectivity index (χ0) is 13.4. The summed E-state index contributed by atoms with van der Waals surface area (Å²) in [4.78, 5) is 21.3. The monoisotopic (exact) mass is 250 g/mol. The fraction of sp³-hybridized carbons (Fsp3) is 0.800. The Balaban J connectivity index is 3.75. The van der Waals surface area contributed by atoms with E-state index in [-0.39, 0.29) is 13.2 Å². The first-order valence-electron chi connectivity index (χ1n) is 5.19. The third kappa shape index (κ3) is 6.88.